The van der Waals surface area contributed by atoms with Crippen molar-refractivity contribution in [1.82, 2.24) is 25.2 Å². The highest BCUT2D eigenvalue weighted by atomic mass is 35.5. The van der Waals surface area contributed by atoms with Gasteiger partial charge in [0.05, 0.1) is 18.8 Å². The molecule has 3 N–H and O–H groups in total. The molecule has 0 radical (unpaired) electrons. The molecular weight excluding hydrogens is 769 g/mol. The molecule has 6 rings (SSSR count). The summed E-state index contributed by atoms with van der Waals surface area (Å²) in [7, 11) is -4.22. The molecular formula is C39H49ClFN5O9S. The van der Waals surface area contributed by atoms with Gasteiger partial charge in [0.2, 0.25) is 21.8 Å². The second-order valence-corrected chi connectivity index (χ2v) is 18.4. The number of benzene rings is 2. The van der Waals surface area contributed by atoms with Crippen LogP contribution in [0.4, 0.5) is 14.0 Å². The van der Waals surface area contributed by atoms with Crippen LogP contribution in [0.1, 0.15) is 95.2 Å². The Morgan fingerprint density at radius 1 is 1.02 bits per heavy atom. The summed E-state index contributed by atoms with van der Waals surface area (Å²) >= 11 is 6.05. The Kier molecular flexibility index (Phi) is 12.2. The van der Waals surface area contributed by atoms with Gasteiger partial charge >= 0.3 is 12.2 Å². The van der Waals surface area contributed by atoms with Gasteiger partial charge in [0.25, 0.3) is 5.91 Å². The molecule has 2 saturated heterocycles. The molecule has 2 aromatic rings. The van der Waals surface area contributed by atoms with Gasteiger partial charge in [-0.1, -0.05) is 68.0 Å². The SMILES string of the molecule is CC(C)(C)OC(=O)N[C@H]1CCCCCCC[C@H]2C[C@@]2(C(=O)NS(=O)(=O)Cc2cccc(Cl)c2)NC(=O)[C@@H]2C[C@@H](OC(=O)N3Cc4cccc(F)c4C3)CN2C1=O. The summed E-state index contributed by atoms with van der Waals surface area (Å²) < 4.78 is 54.4. The quantitative estimate of drug-likeness (QED) is 0.359. The van der Waals surface area contributed by atoms with Crippen LogP contribution in [0.25, 0.3) is 0 Å². The van der Waals surface area contributed by atoms with Crippen LogP contribution in [-0.2, 0) is 52.7 Å². The van der Waals surface area contributed by atoms with Crippen molar-refractivity contribution in [2.24, 2.45) is 5.92 Å². The first-order valence-corrected chi connectivity index (χ1v) is 21.1. The second-order valence-electron chi connectivity index (χ2n) is 16.2. The summed E-state index contributed by atoms with van der Waals surface area (Å²) in [6.45, 7) is 4.97. The van der Waals surface area contributed by atoms with Gasteiger partial charge in [-0.3, -0.25) is 24.0 Å². The molecule has 5 atom stereocenters. The van der Waals surface area contributed by atoms with E-state index in [1.54, 1.807) is 51.1 Å². The Labute approximate surface area is 331 Å². The average molecular weight is 818 g/mol. The summed E-state index contributed by atoms with van der Waals surface area (Å²) in [5, 5.41) is 5.84. The number of nitrogens with one attached hydrogen (secondary N) is 3. The zero-order chi connectivity index (χ0) is 40.4. The van der Waals surface area contributed by atoms with E-state index in [9.17, 15) is 36.8 Å². The van der Waals surface area contributed by atoms with Gasteiger partial charge in [-0.05, 0) is 75.3 Å². The molecule has 3 aliphatic heterocycles. The fraction of sp³-hybridized carbons (Fsp3) is 0.564. The first kappa shape index (κ1) is 41.2. The number of carbonyl (C=O) groups excluding carboxylic acids is 5. The number of nitrogens with zero attached hydrogens (tertiary/aromatic N) is 2. The number of amides is 5. The van der Waals surface area contributed by atoms with E-state index in [1.807, 2.05) is 0 Å². The maximum absolute atomic E-state index is 14.5. The molecule has 0 aromatic heterocycles. The molecule has 3 heterocycles. The normalized spacial score (nSPS) is 25.7. The summed E-state index contributed by atoms with van der Waals surface area (Å²) in [6.07, 6.45) is 1.98. The number of alkyl carbamates (subject to hydrolysis) is 1. The van der Waals surface area contributed by atoms with Crippen molar-refractivity contribution in [3.63, 3.8) is 0 Å². The number of sulfonamides is 1. The Balaban J connectivity index is 1.24. The number of carbonyl (C=O) groups is 5. The van der Waals surface area contributed by atoms with E-state index < -0.39 is 80.8 Å². The zero-order valence-electron chi connectivity index (χ0n) is 31.8. The van der Waals surface area contributed by atoms with Crippen molar-refractivity contribution in [3.8, 4) is 0 Å². The first-order chi connectivity index (χ1) is 26.4. The van der Waals surface area contributed by atoms with E-state index in [-0.39, 0.29) is 44.8 Å². The van der Waals surface area contributed by atoms with Crippen LogP contribution >= 0.6 is 11.6 Å². The van der Waals surface area contributed by atoms with E-state index in [0.29, 0.717) is 34.6 Å². The third kappa shape index (κ3) is 9.92. The average Bonchev–Trinajstić information content (AvgIpc) is 3.40. The van der Waals surface area contributed by atoms with Crippen LogP contribution in [-0.4, -0.2) is 84.0 Å². The van der Waals surface area contributed by atoms with Crippen LogP contribution in [0.3, 0.4) is 0 Å². The minimum atomic E-state index is -4.22. The smallest absolute Gasteiger partial charge is 0.410 e. The van der Waals surface area contributed by atoms with Gasteiger partial charge in [-0.15, -0.1) is 0 Å². The second kappa shape index (κ2) is 16.6. The molecule has 17 heteroatoms. The molecule has 0 spiro atoms. The monoisotopic (exact) mass is 817 g/mol. The van der Waals surface area contributed by atoms with Crippen LogP contribution < -0.4 is 15.4 Å². The lowest BCUT2D eigenvalue weighted by Gasteiger charge is -2.30. The highest BCUT2D eigenvalue weighted by Gasteiger charge is 2.62. The molecule has 304 valence electrons. The van der Waals surface area contributed by atoms with Crippen molar-refractivity contribution >= 4 is 51.5 Å². The molecule has 0 bridgehead atoms. The van der Waals surface area contributed by atoms with Crippen molar-refractivity contribution in [2.75, 3.05) is 6.54 Å². The lowest BCUT2D eigenvalue weighted by Crippen LogP contribution is -2.58. The lowest BCUT2D eigenvalue weighted by atomic mass is 10.0. The van der Waals surface area contributed by atoms with Crippen LogP contribution in [0.2, 0.25) is 5.02 Å². The third-order valence-electron chi connectivity index (χ3n) is 10.7. The Hall–Kier alpha value is -4.44. The topological polar surface area (TPSA) is 181 Å². The van der Waals surface area contributed by atoms with E-state index in [4.69, 9.17) is 21.1 Å². The largest absolute Gasteiger partial charge is 0.444 e. The highest BCUT2D eigenvalue weighted by molar-refractivity contribution is 7.89. The minimum absolute atomic E-state index is 0.0127. The van der Waals surface area contributed by atoms with Gasteiger partial charge in [0, 0.05) is 23.6 Å². The number of rotatable bonds is 6. The number of ether oxygens (including phenoxy) is 2. The number of hydrogen-bond donors (Lipinski definition) is 3. The molecule has 4 aliphatic rings. The Bertz CT molecular complexity index is 1980. The molecule has 1 saturated carbocycles. The molecule has 5 amide bonds. The van der Waals surface area contributed by atoms with Crippen LogP contribution in [0.5, 0.6) is 0 Å². The maximum Gasteiger partial charge on any atom is 0.410 e. The fourth-order valence-corrected chi connectivity index (χ4v) is 9.23. The van der Waals surface area contributed by atoms with Gasteiger partial charge in [0.1, 0.15) is 35.1 Å². The van der Waals surface area contributed by atoms with Gasteiger partial charge < -0.3 is 25.0 Å². The third-order valence-corrected chi connectivity index (χ3v) is 12.1. The zero-order valence-corrected chi connectivity index (χ0v) is 33.3. The highest BCUT2D eigenvalue weighted by Crippen LogP contribution is 2.48. The first-order valence-electron chi connectivity index (χ1n) is 19.1. The number of fused-ring (bicyclic) bond motifs is 3. The predicted octanol–water partition coefficient (Wildman–Crippen LogP) is 5.06. The molecule has 0 unspecified atom stereocenters. The predicted molar refractivity (Wildman–Crippen MR) is 203 cm³/mol. The summed E-state index contributed by atoms with van der Waals surface area (Å²) in [5.74, 6) is -3.54. The minimum Gasteiger partial charge on any atom is -0.444 e. The van der Waals surface area contributed by atoms with E-state index in [2.05, 4.69) is 15.4 Å². The van der Waals surface area contributed by atoms with Crippen LogP contribution in [0.15, 0.2) is 42.5 Å². The van der Waals surface area contributed by atoms with Gasteiger partial charge in [-0.25, -0.2) is 22.4 Å². The van der Waals surface area contributed by atoms with E-state index >= 15 is 0 Å². The molecule has 1 aliphatic carbocycles. The van der Waals surface area contributed by atoms with Crippen molar-refractivity contribution in [2.45, 2.75) is 127 Å². The van der Waals surface area contributed by atoms with Gasteiger partial charge in [0.15, 0.2) is 0 Å². The van der Waals surface area contributed by atoms with Crippen molar-refractivity contribution < 1.29 is 46.3 Å². The molecule has 2 aromatic carbocycles. The maximum atomic E-state index is 14.5. The van der Waals surface area contributed by atoms with E-state index in [1.165, 1.54) is 21.9 Å². The molecule has 14 nitrogen and oxygen atoms in total. The van der Waals surface area contributed by atoms with Crippen molar-refractivity contribution in [1.29, 1.82) is 0 Å². The Morgan fingerprint density at radius 2 is 1.73 bits per heavy atom. The fourth-order valence-electron chi connectivity index (χ4n) is 7.86. The summed E-state index contributed by atoms with van der Waals surface area (Å²) in [4.78, 5) is 71.6. The molecule has 56 heavy (non-hydrogen) atoms. The summed E-state index contributed by atoms with van der Waals surface area (Å²) in [5.41, 5.74) is -1.03. The lowest BCUT2D eigenvalue weighted by molar-refractivity contribution is -0.141. The number of halogens is 2. The van der Waals surface area contributed by atoms with E-state index in [0.717, 1.165) is 25.7 Å². The summed E-state index contributed by atoms with van der Waals surface area (Å²) in [6, 6.07) is 8.50. The Morgan fingerprint density at radius 3 is 2.45 bits per heavy atom. The number of hydrogen-bond acceptors (Lipinski definition) is 9. The standard InChI is InChI=1S/C39H49ClFN5O9S/c1-38(2,3)55-36(50)42-31-16-8-6-4-5-7-13-26-19-39(26,35(49)44-56(52,53)23-24-11-9-14-27(40)17-24)43-33(47)32-18-28(21-46(32)34(31)48)54-37(51)45-20-25-12-10-15-30(41)29(25)22-45/h9-12,14-15,17,26,28,31-32H,4-8,13,16,18-23H2,1-3H3,(H,42,50)(H,43,47)(H,44,49)/t26-,28+,31-,32-,39+/m0/s1. The van der Waals surface area contributed by atoms with Gasteiger partial charge in [-0.2, -0.15) is 0 Å². The van der Waals surface area contributed by atoms with Crippen LogP contribution in [0, 0.1) is 11.7 Å². The van der Waals surface area contributed by atoms with Crippen molar-refractivity contribution in [3.05, 3.63) is 70.0 Å². The molecule has 3 fully saturated rings.